The van der Waals surface area contributed by atoms with Crippen LogP contribution >= 0.6 is 0 Å². The smallest absolute Gasteiger partial charge is 0.137 e. The first-order valence-corrected chi connectivity index (χ1v) is 5.90. The van der Waals surface area contributed by atoms with Gasteiger partial charge in [-0.3, -0.25) is 0 Å². The molecule has 0 saturated heterocycles. The van der Waals surface area contributed by atoms with Gasteiger partial charge in [0.2, 0.25) is 0 Å². The summed E-state index contributed by atoms with van der Waals surface area (Å²) in [5, 5.41) is 10.8. The number of hydrogen-bond donors (Lipinski definition) is 1. The number of rotatable bonds is 3. The summed E-state index contributed by atoms with van der Waals surface area (Å²) in [6.45, 7) is 7.61. The van der Waals surface area contributed by atoms with Gasteiger partial charge in [-0.2, -0.15) is 0 Å². The third-order valence-electron chi connectivity index (χ3n) is 3.19. The highest BCUT2D eigenvalue weighted by Gasteiger charge is 2.14. The lowest BCUT2D eigenvalue weighted by Crippen LogP contribution is -1.97. The number of nitrogens with zero attached hydrogens (tertiary/aromatic N) is 1. The number of aromatic nitrogens is 1. The van der Waals surface area contributed by atoms with Crippen LogP contribution in [-0.2, 0) is 4.74 Å². The summed E-state index contributed by atoms with van der Waals surface area (Å²) in [7, 11) is 3.15. The topological polar surface area (TPSA) is 51.6 Å². The summed E-state index contributed by atoms with van der Waals surface area (Å²) in [6.07, 6.45) is 0. The maximum atomic E-state index is 10.1. The Morgan fingerprint density at radius 2 is 1.95 bits per heavy atom. The van der Waals surface area contributed by atoms with Crippen LogP contribution in [0.5, 0.6) is 11.5 Å². The molecule has 2 aromatic rings. The van der Waals surface area contributed by atoms with E-state index in [0.29, 0.717) is 22.4 Å². The molecule has 19 heavy (non-hydrogen) atoms. The highest BCUT2D eigenvalue weighted by atomic mass is 16.5. The number of pyridine rings is 1. The monoisotopic (exact) mass is 259 g/mol. The normalized spacial score (nSPS) is 10.5. The van der Waals surface area contributed by atoms with E-state index >= 15 is 0 Å². The van der Waals surface area contributed by atoms with Crippen LogP contribution in [0.4, 0.5) is 0 Å². The number of aryl methyl sites for hydroxylation is 2. The molecule has 0 spiro atoms. The van der Waals surface area contributed by atoms with Crippen molar-refractivity contribution in [3.05, 3.63) is 35.5 Å². The van der Waals surface area contributed by atoms with E-state index in [9.17, 15) is 5.11 Å². The lowest BCUT2D eigenvalue weighted by atomic mass is 10.0. The van der Waals surface area contributed by atoms with Gasteiger partial charge in [-0.05, 0) is 25.5 Å². The van der Waals surface area contributed by atoms with E-state index in [2.05, 4.69) is 11.6 Å². The van der Waals surface area contributed by atoms with Gasteiger partial charge in [0, 0.05) is 17.0 Å². The summed E-state index contributed by atoms with van der Waals surface area (Å²) in [6, 6.07) is 3.42. The molecule has 0 aliphatic rings. The zero-order chi connectivity index (χ0) is 14.2. The molecule has 1 N–H and O–H groups in total. The molecule has 2 rings (SSSR count). The molecule has 0 bridgehead atoms. The van der Waals surface area contributed by atoms with E-state index in [1.165, 1.54) is 7.11 Å². The third kappa shape index (κ3) is 2.10. The van der Waals surface area contributed by atoms with Crippen molar-refractivity contribution in [2.45, 2.75) is 13.8 Å². The van der Waals surface area contributed by atoms with Crippen LogP contribution in [-0.4, -0.2) is 24.3 Å². The Labute approximate surface area is 112 Å². The van der Waals surface area contributed by atoms with Gasteiger partial charge >= 0.3 is 0 Å². The maximum absolute atomic E-state index is 10.1. The third-order valence-corrected chi connectivity index (χ3v) is 3.19. The van der Waals surface area contributed by atoms with Gasteiger partial charge in [0.25, 0.3) is 0 Å². The predicted octanol–water partition coefficient (Wildman–Crippen LogP) is 3.18. The summed E-state index contributed by atoms with van der Waals surface area (Å²) in [5.41, 5.74) is 3.05. The standard InChI is InChI=1S/C15H17NO3/c1-8-6-11-13(17)7-12(10(3)18-4)16-14(11)9(2)15(8)19-5/h6-7H,3H2,1-2,4-5H3,(H,16,17). The lowest BCUT2D eigenvalue weighted by molar-refractivity contribution is 0.369. The number of methoxy groups -OCH3 is 2. The molecule has 4 nitrogen and oxygen atoms in total. The van der Waals surface area contributed by atoms with Crippen molar-refractivity contribution in [2.24, 2.45) is 0 Å². The van der Waals surface area contributed by atoms with Crippen LogP contribution in [0.15, 0.2) is 18.7 Å². The van der Waals surface area contributed by atoms with E-state index in [1.807, 2.05) is 19.9 Å². The Kier molecular flexibility index (Phi) is 3.34. The molecule has 0 amide bonds. The number of aromatic hydroxyl groups is 1. The molecule has 0 radical (unpaired) electrons. The van der Waals surface area contributed by atoms with Crippen LogP contribution in [0.2, 0.25) is 0 Å². The van der Waals surface area contributed by atoms with E-state index in [4.69, 9.17) is 9.47 Å². The van der Waals surface area contributed by atoms with Gasteiger partial charge in [0.15, 0.2) is 0 Å². The first-order valence-electron chi connectivity index (χ1n) is 5.90. The van der Waals surface area contributed by atoms with Crippen LogP contribution < -0.4 is 4.74 Å². The van der Waals surface area contributed by atoms with Crippen LogP contribution in [0.3, 0.4) is 0 Å². The number of ether oxygens (including phenoxy) is 2. The van der Waals surface area contributed by atoms with Crippen molar-refractivity contribution in [3.63, 3.8) is 0 Å². The fourth-order valence-electron chi connectivity index (χ4n) is 2.22. The van der Waals surface area contributed by atoms with E-state index < -0.39 is 0 Å². The summed E-state index contributed by atoms with van der Waals surface area (Å²) in [5.74, 6) is 1.35. The van der Waals surface area contributed by atoms with Gasteiger partial charge in [0.1, 0.15) is 23.0 Å². The van der Waals surface area contributed by atoms with Crippen molar-refractivity contribution in [1.29, 1.82) is 0 Å². The predicted molar refractivity (Wildman–Crippen MR) is 75.5 cm³/mol. The molecule has 4 heteroatoms. The van der Waals surface area contributed by atoms with E-state index in [-0.39, 0.29) is 5.75 Å². The van der Waals surface area contributed by atoms with Gasteiger partial charge in [0.05, 0.1) is 19.7 Å². The quantitative estimate of drug-likeness (QED) is 0.860. The number of benzene rings is 1. The molecule has 0 unspecified atom stereocenters. The molecule has 0 aliphatic heterocycles. The average molecular weight is 259 g/mol. The molecule has 1 aromatic carbocycles. The summed E-state index contributed by atoms with van der Waals surface area (Å²) >= 11 is 0. The van der Waals surface area contributed by atoms with Crippen molar-refractivity contribution in [3.8, 4) is 11.5 Å². The first-order chi connectivity index (χ1) is 8.99. The second-order valence-corrected chi connectivity index (χ2v) is 4.40. The molecular weight excluding hydrogens is 242 g/mol. The van der Waals surface area contributed by atoms with Crippen molar-refractivity contribution < 1.29 is 14.6 Å². The summed E-state index contributed by atoms with van der Waals surface area (Å²) in [4.78, 5) is 4.49. The second kappa shape index (κ2) is 4.80. The molecule has 0 saturated carbocycles. The maximum Gasteiger partial charge on any atom is 0.137 e. The van der Waals surface area contributed by atoms with E-state index in [0.717, 1.165) is 16.9 Å². The Balaban J connectivity index is 2.82. The van der Waals surface area contributed by atoms with Crippen molar-refractivity contribution in [1.82, 2.24) is 4.98 Å². The number of hydrogen-bond acceptors (Lipinski definition) is 4. The van der Waals surface area contributed by atoms with Gasteiger partial charge in [-0.1, -0.05) is 6.58 Å². The molecule has 1 aromatic heterocycles. The SMILES string of the molecule is C=C(OC)c1cc(O)c2cc(C)c(OC)c(C)c2n1. The van der Waals surface area contributed by atoms with Crippen molar-refractivity contribution in [2.75, 3.05) is 14.2 Å². The van der Waals surface area contributed by atoms with Crippen LogP contribution in [0.1, 0.15) is 16.8 Å². The van der Waals surface area contributed by atoms with Crippen molar-refractivity contribution >= 4 is 16.7 Å². The fraction of sp³-hybridized carbons (Fsp3) is 0.267. The zero-order valence-electron chi connectivity index (χ0n) is 11.6. The first kappa shape index (κ1) is 13.2. The summed E-state index contributed by atoms with van der Waals surface area (Å²) < 4.78 is 10.4. The largest absolute Gasteiger partial charge is 0.507 e. The minimum absolute atomic E-state index is 0.159. The Morgan fingerprint density at radius 1 is 1.26 bits per heavy atom. The highest BCUT2D eigenvalue weighted by molar-refractivity contribution is 5.91. The zero-order valence-corrected chi connectivity index (χ0v) is 11.6. The average Bonchev–Trinajstić information content (AvgIpc) is 2.39. The molecular formula is C15H17NO3. The van der Waals surface area contributed by atoms with E-state index in [1.54, 1.807) is 13.2 Å². The van der Waals surface area contributed by atoms with Gasteiger partial charge < -0.3 is 14.6 Å². The Bertz CT molecular complexity index is 662. The number of fused-ring (bicyclic) bond motifs is 1. The molecule has 1 heterocycles. The lowest BCUT2D eigenvalue weighted by Gasteiger charge is -2.13. The second-order valence-electron chi connectivity index (χ2n) is 4.40. The Hall–Kier alpha value is -2.23. The molecule has 0 fully saturated rings. The minimum Gasteiger partial charge on any atom is -0.507 e. The molecule has 0 aliphatic carbocycles. The van der Waals surface area contributed by atoms with Gasteiger partial charge in [-0.25, -0.2) is 4.98 Å². The van der Waals surface area contributed by atoms with Crippen LogP contribution in [0, 0.1) is 13.8 Å². The highest BCUT2D eigenvalue weighted by Crippen LogP contribution is 2.35. The van der Waals surface area contributed by atoms with Crippen LogP contribution in [0.25, 0.3) is 16.7 Å². The Morgan fingerprint density at radius 3 is 2.53 bits per heavy atom. The molecule has 100 valence electrons. The minimum atomic E-state index is 0.159. The molecule has 0 atom stereocenters. The van der Waals surface area contributed by atoms with Gasteiger partial charge in [-0.15, -0.1) is 0 Å². The fourth-order valence-corrected chi connectivity index (χ4v) is 2.22.